The average Bonchev–Trinajstić information content (AvgIpc) is 3.17. The number of aromatic nitrogens is 1. The van der Waals surface area contributed by atoms with Crippen molar-refractivity contribution in [2.24, 2.45) is 0 Å². The fourth-order valence-corrected chi connectivity index (χ4v) is 2.94. The van der Waals surface area contributed by atoms with Gasteiger partial charge in [0.15, 0.2) is 0 Å². The Kier molecular flexibility index (Phi) is 5.85. The molecule has 8 heteroatoms. The van der Waals surface area contributed by atoms with E-state index in [2.05, 4.69) is 15.8 Å². The zero-order valence-corrected chi connectivity index (χ0v) is 14.6. The highest BCUT2D eigenvalue weighted by Crippen LogP contribution is 2.18. The number of benzene rings is 1. The molecule has 1 atom stereocenters. The molecule has 1 fully saturated rings. The highest BCUT2D eigenvalue weighted by molar-refractivity contribution is 5.88. The molecule has 1 aliphatic rings. The molecule has 2 amide bonds. The summed E-state index contributed by atoms with van der Waals surface area (Å²) in [5.41, 5.74) is 1.67. The van der Waals surface area contributed by atoms with E-state index in [9.17, 15) is 9.59 Å². The second kappa shape index (κ2) is 8.48. The summed E-state index contributed by atoms with van der Waals surface area (Å²) < 4.78 is 9.98. The topological polar surface area (TPSA) is 96.7 Å². The summed E-state index contributed by atoms with van der Waals surface area (Å²) in [6.45, 7) is 2.11. The summed E-state index contributed by atoms with van der Waals surface area (Å²) in [5, 5.41) is 9.35. The second-order valence-electron chi connectivity index (χ2n) is 6.10. The molecule has 0 bridgehead atoms. The van der Waals surface area contributed by atoms with E-state index in [1.807, 2.05) is 29.2 Å². The first-order chi connectivity index (χ1) is 12.7. The van der Waals surface area contributed by atoms with Crippen molar-refractivity contribution in [1.82, 2.24) is 20.7 Å². The highest BCUT2D eigenvalue weighted by atomic mass is 16.5. The number of hydrogen-bond acceptors (Lipinski definition) is 6. The van der Waals surface area contributed by atoms with E-state index >= 15 is 0 Å². The van der Waals surface area contributed by atoms with Gasteiger partial charge in [0.05, 0.1) is 26.1 Å². The van der Waals surface area contributed by atoms with Crippen LogP contribution in [0.3, 0.4) is 0 Å². The van der Waals surface area contributed by atoms with Crippen LogP contribution in [0.2, 0.25) is 0 Å². The molecule has 0 spiro atoms. The first-order valence-electron chi connectivity index (χ1n) is 8.46. The molecule has 1 aromatic carbocycles. The molecular weight excluding hydrogens is 336 g/mol. The summed E-state index contributed by atoms with van der Waals surface area (Å²) >= 11 is 0. The van der Waals surface area contributed by atoms with Crippen LogP contribution < -0.4 is 15.4 Å². The van der Waals surface area contributed by atoms with Gasteiger partial charge in [-0.2, -0.15) is 0 Å². The van der Waals surface area contributed by atoms with Gasteiger partial charge in [0.25, 0.3) is 0 Å². The predicted molar refractivity (Wildman–Crippen MR) is 93.2 cm³/mol. The van der Waals surface area contributed by atoms with E-state index in [1.165, 1.54) is 6.26 Å². The van der Waals surface area contributed by atoms with Gasteiger partial charge >= 0.3 is 0 Å². The molecule has 3 rings (SSSR count). The molecule has 0 unspecified atom stereocenters. The number of nitrogens with zero attached hydrogens (tertiary/aromatic N) is 2. The Morgan fingerprint density at radius 1 is 1.46 bits per heavy atom. The van der Waals surface area contributed by atoms with Crippen molar-refractivity contribution in [2.45, 2.75) is 25.6 Å². The van der Waals surface area contributed by atoms with E-state index in [-0.39, 0.29) is 24.8 Å². The van der Waals surface area contributed by atoms with Crippen molar-refractivity contribution in [1.29, 1.82) is 0 Å². The Morgan fingerprint density at radius 2 is 2.35 bits per heavy atom. The van der Waals surface area contributed by atoms with Crippen molar-refractivity contribution in [2.75, 3.05) is 20.2 Å². The number of hydrogen-bond donors (Lipinski definition) is 2. The molecule has 0 radical (unpaired) electrons. The quantitative estimate of drug-likeness (QED) is 0.756. The van der Waals surface area contributed by atoms with Crippen molar-refractivity contribution in [3.8, 4) is 5.75 Å². The third-order valence-electron chi connectivity index (χ3n) is 4.30. The molecule has 26 heavy (non-hydrogen) atoms. The molecule has 8 nitrogen and oxygen atoms in total. The summed E-state index contributed by atoms with van der Waals surface area (Å²) in [6, 6.07) is 8.89. The van der Waals surface area contributed by atoms with E-state index < -0.39 is 6.04 Å². The highest BCUT2D eigenvalue weighted by Gasteiger charge is 2.31. The fourth-order valence-electron chi connectivity index (χ4n) is 2.94. The number of piperazine rings is 1. The molecule has 2 N–H and O–H groups in total. The number of amides is 2. The summed E-state index contributed by atoms with van der Waals surface area (Å²) in [4.78, 5) is 26.6. The third kappa shape index (κ3) is 4.60. The number of rotatable bonds is 7. The first kappa shape index (κ1) is 17.9. The van der Waals surface area contributed by atoms with E-state index in [1.54, 1.807) is 13.2 Å². The lowest BCUT2D eigenvalue weighted by Crippen LogP contribution is -2.56. The zero-order chi connectivity index (χ0) is 18.4. The predicted octanol–water partition coefficient (Wildman–Crippen LogP) is 0.690. The van der Waals surface area contributed by atoms with Gasteiger partial charge in [-0.25, -0.2) is 0 Å². The number of methoxy groups -OCH3 is 1. The Labute approximate surface area is 151 Å². The second-order valence-corrected chi connectivity index (χ2v) is 6.10. The molecule has 0 saturated carbocycles. The Morgan fingerprint density at radius 3 is 3.12 bits per heavy atom. The van der Waals surface area contributed by atoms with Crippen LogP contribution in [-0.2, 0) is 22.7 Å². The van der Waals surface area contributed by atoms with Crippen molar-refractivity contribution in [3.63, 3.8) is 0 Å². The normalized spacial score (nSPS) is 17.6. The van der Waals surface area contributed by atoms with E-state index in [0.717, 1.165) is 11.3 Å². The van der Waals surface area contributed by atoms with Gasteiger partial charge in [-0.3, -0.25) is 14.5 Å². The monoisotopic (exact) mass is 358 g/mol. The van der Waals surface area contributed by atoms with Crippen LogP contribution in [-0.4, -0.2) is 48.1 Å². The maximum atomic E-state index is 12.3. The van der Waals surface area contributed by atoms with Gasteiger partial charge in [-0.1, -0.05) is 17.3 Å². The minimum Gasteiger partial charge on any atom is -0.497 e. The van der Waals surface area contributed by atoms with E-state index in [0.29, 0.717) is 25.3 Å². The Balaban J connectivity index is 1.61. The molecule has 1 saturated heterocycles. The lowest BCUT2D eigenvalue weighted by molar-refractivity contribution is -0.134. The maximum absolute atomic E-state index is 12.3. The van der Waals surface area contributed by atoms with Crippen LogP contribution in [0.1, 0.15) is 17.7 Å². The van der Waals surface area contributed by atoms with Crippen LogP contribution in [0.5, 0.6) is 5.75 Å². The van der Waals surface area contributed by atoms with Crippen LogP contribution in [0.4, 0.5) is 0 Å². The van der Waals surface area contributed by atoms with Crippen LogP contribution >= 0.6 is 0 Å². The molecule has 1 aliphatic heterocycles. The summed E-state index contributed by atoms with van der Waals surface area (Å²) in [7, 11) is 1.62. The average molecular weight is 358 g/mol. The first-order valence-corrected chi connectivity index (χ1v) is 8.46. The van der Waals surface area contributed by atoms with Gasteiger partial charge in [-0.15, -0.1) is 0 Å². The number of carbonyl (C=O) groups excluding carboxylic acids is 2. The fraction of sp³-hybridized carbons (Fsp3) is 0.389. The van der Waals surface area contributed by atoms with Gasteiger partial charge in [0, 0.05) is 25.7 Å². The molecular formula is C18H22N4O4. The van der Waals surface area contributed by atoms with Crippen molar-refractivity contribution < 1.29 is 18.8 Å². The van der Waals surface area contributed by atoms with Gasteiger partial charge in [0.1, 0.15) is 17.7 Å². The number of nitrogens with one attached hydrogen (secondary N) is 2. The molecule has 2 aromatic rings. The van der Waals surface area contributed by atoms with Gasteiger partial charge in [0.2, 0.25) is 11.8 Å². The smallest absolute Gasteiger partial charge is 0.237 e. The van der Waals surface area contributed by atoms with Crippen molar-refractivity contribution in [3.05, 3.63) is 47.9 Å². The zero-order valence-electron chi connectivity index (χ0n) is 14.6. The summed E-state index contributed by atoms with van der Waals surface area (Å²) in [6.07, 6.45) is 1.54. The van der Waals surface area contributed by atoms with Crippen LogP contribution in [0, 0.1) is 0 Å². The molecule has 0 aliphatic carbocycles. The van der Waals surface area contributed by atoms with Crippen LogP contribution in [0.15, 0.2) is 41.1 Å². The minimum absolute atomic E-state index is 0.0909. The minimum atomic E-state index is -0.507. The molecule has 138 valence electrons. The SMILES string of the molecule is COc1cccc(CN2CCNC(=O)[C@H]2CC(=O)NCc2ccon2)c1. The Hall–Kier alpha value is -2.87. The molecule has 1 aromatic heterocycles. The third-order valence-corrected chi connectivity index (χ3v) is 4.30. The molecule has 2 heterocycles. The van der Waals surface area contributed by atoms with Gasteiger partial charge < -0.3 is 19.9 Å². The van der Waals surface area contributed by atoms with Gasteiger partial charge in [-0.05, 0) is 17.7 Å². The number of carbonyl (C=O) groups is 2. The standard InChI is InChI=1S/C18H22N4O4/c1-25-15-4-2-3-13(9-15)12-22-7-6-19-18(24)16(22)10-17(23)20-11-14-5-8-26-21-14/h2-5,8-9,16H,6-7,10-12H2,1H3,(H,19,24)(H,20,23)/t16-/m1/s1. The number of ether oxygens (including phenoxy) is 1. The van der Waals surface area contributed by atoms with E-state index in [4.69, 9.17) is 9.26 Å². The Bertz CT molecular complexity index is 747. The largest absolute Gasteiger partial charge is 0.497 e. The van der Waals surface area contributed by atoms with Crippen LogP contribution in [0.25, 0.3) is 0 Å². The lowest BCUT2D eigenvalue weighted by atomic mass is 10.1. The maximum Gasteiger partial charge on any atom is 0.237 e. The van der Waals surface area contributed by atoms with Crippen molar-refractivity contribution >= 4 is 11.8 Å². The lowest BCUT2D eigenvalue weighted by Gasteiger charge is -2.34. The summed E-state index contributed by atoms with van der Waals surface area (Å²) in [5.74, 6) is 0.437.